The molecule has 11 nitrogen and oxygen atoms in total. The zero-order chi connectivity index (χ0) is 41.5. The number of oxazole rings is 1. The van der Waals surface area contributed by atoms with Gasteiger partial charge in [-0.05, 0) is 87.6 Å². The van der Waals surface area contributed by atoms with Gasteiger partial charge < -0.3 is 24.4 Å². The van der Waals surface area contributed by atoms with Crippen LogP contribution in [0.4, 0.5) is 5.13 Å². The van der Waals surface area contributed by atoms with Crippen LogP contribution in [0.1, 0.15) is 119 Å². The first-order valence-corrected chi connectivity index (χ1v) is 23.9. The van der Waals surface area contributed by atoms with Crippen LogP contribution in [-0.2, 0) is 27.2 Å². The minimum atomic E-state index is -0.307. The average molecular weight is 855 g/mol. The van der Waals surface area contributed by atoms with Crippen LogP contribution in [0.15, 0.2) is 62.4 Å². The number of carbonyl (C=O) groups excluding carboxylic acids is 2. The molecule has 0 aliphatic carbocycles. The number of likely N-dealkylation sites (N-methyl/N-ethyl adjacent to an activating group) is 1. The molecule has 2 bridgehead atoms. The van der Waals surface area contributed by atoms with Gasteiger partial charge in [-0.25, -0.2) is 15.0 Å². The van der Waals surface area contributed by atoms with Crippen molar-refractivity contribution in [1.29, 1.82) is 5.26 Å². The molecule has 3 aliphatic rings. The topological polar surface area (TPSA) is 131 Å². The number of fused-ring (bicyclic) bond motifs is 2. The highest BCUT2D eigenvalue weighted by Crippen LogP contribution is 2.40. The lowest BCUT2D eigenvalue weighted by Gasteiger charge is -2.45. The zero-order valence-corrected chi connectivity index (χ0v) is 37.5. The predicted octanol–water partition coefficient (Wildman–Crippen LogP) is 9.36. The Labute approximate surface area is 361 Å². The molecule has 0 saturated carbocycles. The number of likely N-dealkylation sites (tertiary alicyclic amines) is 1. The van der Waals surface area contributed by atoms with Crippen molar-refractivity contribution >= 4 is 57.5 Å². The van der Waals surface area contributed by atoms with E-state index in [-0.39, 0.29) is 28.8 Å². The van der Waals surface area contributed by atoms with E-state index >= 15 is 0 Å². The van der Waals surface area contributed by atoms with Gasteiger partial charge in [0.25, 0.3) is 5.91 Å². The minimum absolute atomic E-state index is 0.0406. The normalized spacial score (nSPS) is 20.7. The minimum Gasteiger partial charge on any atom is -0.444 e. The monoisotopic (exact) mass is 854 g/mol. The third kappa shape index (κ3) is 10.8. The lowest BCUT2D eigenvalue weighted by atomic mass is 9.90. The van der Waals surface area contributed by atoms with Gasteiger partial charge in [-0.3, -0.25) is 9.59 Å². The smallest absolute Gasteiger partial charge is 0.264 e. The highest BCUT2D eigenvalue weighted by Gasteiger charge is 2.44. The number of carbonyl (C=O) groups is 2. The number of aromatic nitrogens is 3. The number of hydrogen-bond acceptors (Lipinski definition) is 12. The second-order valence-corrected chi connectivity index (χ2v) is 20.5. The first kappa shape index (κ1) is 43.1. The number of amides is 2. The Balaban J connectivity index is 0.833. The molecule has 3 unspecified atom stereocenters. The van der Waals surface area contributed by atoms with Crippen molar-refractivity contribution in [3.8, 4) is 6.07 Å². The van der Waals surface area contributed by atoms with E-state index in [1.54, 1.807) is 47.3 Å². The summed E-state index contributed by atoms with van der Waals surface area (Å²) in [6.07, 6.45) is 16.7. The lowest BCUT2D eigenvalue weighted by Crippen LogP contribution is -2.54. The molecule has 0 radical (unpaired) electrons. The molecule has 4 aromatic rings. The van der Waals surface area contributed by atoms with Gasteiger partial charge >= 0.3 is 0 Å². The quantitative estimate of drug-likeness (QED) is 0.0661. The van der Waals surface area contributed by atoms with Gasteiger partial charge in [0, 0.05) is 55.1 Å². The summed E-state index contributed by atoms with van der Waals surface area (Å²) in [5.41, 5.74) is 2.19. The maximum atomic E-state index is 13.7. The maximum Gasteiger partial charge on any atom is 0.264 e. The molecule has 3 aromatic heterocycles. The van der Waals surface area contributed by atoms with E-state index in [0.29, 0.717) is 47.6 Å². The van der Waals surface area contributed by atoms with Crippen LogP contribution < -0.4 is 5.32 Å². The van der Waals surface area contributed by atoms with Gasteiger partial charge in [-0.2, -0.15) is 5.26 Å². The standard InChI is InChI=1S/C45H58N8O3S3/c1-6-7-37(51(5)43(55)33(25-46)22-40-47-18-21-57-40)32-11-8-30(9-12-32)10-15-41(54)53-34-13-14-35(53)24-36(23-34)52-19-16-31(17-20-52)26-49-44-50-28-42(59-44)58-29-39-48-27-38(56-39)45(2,3)4/h8-9,11-12,18,21-22,27-28,31,34-37H,6-7,10,13-17,19-20,23-24,26,29H2,1-5H3,(H,49,50)/b33-22+. The van der Waals surface area contributed by atoms with Gasteiger partial charge in [0.1, 0.15) is 22.4 Å². The SMILES string of the molecule is CCCC(c1ccc(CCC(=O)N2C3CCC2CC(N2CCC(CNc4ncc(SCc5ncc(C(C)(C)C)o5)s4)CC2)C3)cc1)N(C)C(=O)/C(C#N)=C/c1nccs1. The summed E-state index contributed by atoms with van der Waals surface area (Å²) in [4.78, 5) is 47.0. The van der Waals surface area contributed by atoms with E-state index < -0.39 is 0 Å². The lowest BCUT2D eigenvalue weighted by molar-refractivity contribution is -0.136. The number of thioether (sulfide) groups is 1. The first-order valence-electron chi connectivity index (χ1n) is 21.2. The number of rotatable bonds is 16. The second-order valence-electron chi connectivity index (χ2n) is 17.3. The van der Waals surface area contributed by atoms with Gasteiger partial charge in [-0.1, -0.05) is 69.7 Å². The van der Waals surface area contributed by atoms with Gasteiger partial charge in [0.2, 0.25) is 11.8 Å². The maximum absolute atomic E-state index is 13.7. The summed E-state index contributed by atoms with van der Waals surface area (Å²) in [5, 5.41) is 16.8. The number of aryl methyl sites for hydroxylation is 1. The van der Waals surface area contributed by atoms with E-state index in [0.717, 1.165) is 90.3 Å². The fourth-order valence-electron chi connectivity index (χ4n) is 8.92. The first-order chi connectivity index (χ1) is 28.5. The van der Waals surface area contributed by atoms with Crippen molar-refractivity contribution in [3.63, 3.8) is 0 Å². The van der Waals surface area contributed by atoms with Crippen LogP contribution in [0.25, 0.3) is 6.08 Å². The van der Waals surface area contributed by atoms with E-state index in [1.165, 1.54) is 24.2 Å². The molecule has 3 atom stereocenters. The summed E-state index contributed by atoms with van der Waals surface area (Å²) in [7, 11) is 1.77. The molecular weight excluding hydrogens is 797 g/mol. The van der Waals surface area contributed by atoms with Crippen LogP contribution >= 0.6 is 34.4 Å². The van der Waals surface area contributed by atoms with E-state index in [9.17, 15) is 14.9 Å². The van der Waals surface area contributed by atoms with Gasteiger partial charge in [0.05, 0.1) is 28.4 Å². The highest BCUT2D eigenvalue weighted by atomic mass is 32.2. The van der Waals surface area contributed by atoms with E-state index in [4.69, 9.17) is 4.42 Å². The molecule has 14 heteroatoms. The van der Waals surface area contributed by atoms with Crippen LogP contribution in [0.3, 0.4) is 0 Å². The van der Waals surface area contributed by atoms with Crippen molar-refractivity contribution in [2.75, 3.05) is 32.0 Å². The number of benzene rings is 1. The fourth-order valence-corrected chi connectivity index (χ4v) is 11.2. The molecule has 1 N–H and O–H groups in total. The van der Waals surface area contributed by atoms with Crippen molar-refractivity contribution in [3.05, 3.63) is 81.6 Å². The van der Waals surface area contributed by atoms with Crippen LogP contribution in [0.2, 0.25) is 0 Å². The summed E-state index contributed by atoms with van der Waals surface area (Å²) in [5.74, 6) is 2.98. The molecule has 59 heavy (non-hydrogen) atoms. The number of hydrogen-bond donors (Lipinski definition) is 1. The van der Waals surface area contributed by atoms with Crippen molar-refractivity contribution in [1.82, 2.24) is 29.7 Å². The van der Waals surface area contributed by atoms with Crippen LogP contribution in [0, 0.1) is 17.2 Å². The number of nitrogens with one attached hydrogen (secondary N) is 1. The molecule has 2 amide bonds. The third-order valence-corrected chi connectivity index (χ3v) is 15.1. The summed E-state index contributed by atoms with van der Waals surface area (Å²) in [6.45, 7) is 11.7. The Morgan fingerprint density at radius 3 is 2.46 bits per heavy atom. The van der Waals surface area contributed by atoms with E-state index in [1.807, 2.05) is 17.8 Å². The van der Waals surface area contributed by atoms with Crippen molar-refractivity contribution < 1.29 is 14.0 Å². The predicted molar refractivity (Wildman–Crippen MR) is 237 cm³/mol. The van der Waals surface area contributed by atoms with E-state index in [2.05, 4.69) is 88.1 Å². The summed E-state index contributed by atoms with van der Waals surface area (Å²) >= 11 is 4.81. The number of thiazole rings is 2. The average Bonchev–Trinajstić information content (AvgIpc) is 4.07. The molecule has 314 valence electrons. The number of nitrogens with zero attached hydrogens (tertiary/aromatic N) is 7. The molecule has 1 aromatic carbocycles. The van der Waals surface area contributed by atoms with Crippen molar-refractivity contribution in [2.24, 2.45) is 5.92 Å². The molecule has 3 aliphatic heterocycles. The van der Waals surface area contributed by atoms with Gasteiger partial charge in [-0.15, -0.1) is 23.1 Å². The Hall–Kier alpha value is -4.03. The summed E-state index contributed by atoms with van der Waals surface area (Å²) in [6, 6.07) is 11.5. The molecule has 6 heterocycles. The van der Waals surface area contributed by atoms with Crippen molar-refractivity contribution in [2.45, 2.75) is 131 Å². The second kappa shape index (κ2) is 19.6. The Morgan fingerprint density at radius 1 is 1.07 bits per heavy atom. The molecule has 7 rings (SSSR count). The number of piperidine rings is 2. The fraction of sp³-hybridized carbons (Fsp3) is 0.556. The number of anilines is 1. The number of nitriles is 1. The van der Waals surface area contributed by atoms with Gasteiger partial charge in [0.15, 0.2) is 5.13 Å². The Kier molecular flexibility index (Phi) is 14.3. The Bertz CT molecular complexity index is 2060. The molecule has 3 fully saturated rings. The highest BCUT2D eigenvalue weighted by molar-refractivity contribution is 8.00. The molecule has 3 saturated heterocycles. The van der Waals surface area contributed by atoms with Crippen LogP contribution in [0.5, 0.6) is 0 Å². The Morgan fingerprint density at radius 2 is 1.81 bits per heavy atom. The molecular formula is C45H58N8O3S3. The van der Waals surface area contributed by atoms with Crippen LogP contribution in [-0.4, -0.2) is 86.3 Å². The third-order valence-electron chi connectivity index (χ3n) is 12.2. The summed E-state index contributed by atoms with van der Waals surface area (Å²) < 4.78 is 7.11. The zero-order valence-electron chi connectivity index (χ0n) is 35.1. The molecule has 0 spiro atoms. The largest absolute Gasteiger partial charge is 0.444 e.